The van der Waals surface area contributed by atoms with Crippen LogP contribution in [0.1, 0.15) is 17.5 Å². The zero-order valence-corrected chi connectivity index (χ0v) is 11.0. The molecule has 1 heterocycles. The van der Waals surface area contributed by atoms with Gasteiger partial charge in [0.05, 0.1) is 5.60 Å². The lowest BCUT2D eigenvalue weighted by Crippen LogP contribution is -2.29. The van der Waals surface area contributed by atoms with E-state index in [9.17, 15) is 5.11 Å². The smallest absolute Gasteiger partial charge is 0.0948 e. The predicted octanol–water partition coefficient (Wildman–Crippen LogP) is 3.81. The van der Waals surface area contributed by atoms with Gasteiger partial charge in [-0.05, 0) is 34.4 Å². The molecule has 0 amide bonds. The maximum atomic E-state index is 10.8. The average Bonchev–Trinajstić information content (AvgIpc) is 2.83. The molecular formula is C14H15ClOS. The highest BCUT2D eigenvalue weighted by molar-refractivity contribution is 7.07. The Morgan fingerprint density at radius 1 is 1.18 bits per heavy atom. The van der Waals surface area contributed by atoms with Crippen LogP contribution in [0.5, 0.6) is 0 Å². The van der Waals surface area contributed by atoms with Crippen molar-refractivity contribution < 1.29 is 5.11 Å². The van der Waals surface area contributed by atoms with Crippen LogP contribution in [-0.4, -0.2) is 11.0 Å². The Bertz CT molecular complexity index is 441. The minimum absolute atomic E-state index is 0.454. The molecule has 3 heteroatoms. The summed E-state index contributed by atoms with van der Waals surface area (Å²) in [6.07, 6.45) is 1.18. The molecule has 0 aliphatic carbocycles. The van der Waals surface area contributed by atoms with Crippen molar-refractivity contribution in [3.05, 3.63) is 58.3 Å². The van der Waals surface area contributed by atoms with E-state index in [1.54, 1.807) is 11.3 Å². The predicted molar refractivity (Wildman–Crippen MR) is 73.7 cm³/mol. The molecule has 0 bridgehead atoms. The Morgan fingerprint density at radius 3 is 2.53 bits per heavy atom. The van der Waals surface area contributed by atoms with Crippen LogP contribution in [0, 0.1) is 0 Å². The molecule has 1 aromatic carbocycles. The van der Waals surface area contributed by atoms with Crippen LogP contribution in [0.25, 0.3) is 0 Å². The highest BCUT2D eigenvalue weighted by Crippen LogP contribution is 2.30. The van der Waals surface area contributed by atoms with E-state index in [4.69, 9.17) is 11.6 Å². The highest BCUT2D eigenvalue weighted by Gasteiger charge is 2.28. The summed E-state index contributed by atoms with van der Waals surface area (Å²) in [6.45, 7) is 0. The van der Waals surface area contributed by atoms with Gasteiger partial charge in [0, 0.05) is 12.3 Å². The minimum atomic E-state index is -0.857. The first kappa shape index (κ1) is 12.6. The molecule has 0 saturated heterocycles. The molecule has 1 unspecified atom stereocenters. The number of hydrogen-bond donors (Lipinski definition) is 1. The van der Waals surface area contributed by atoms with E-state index >= 15 is 0 Å². The molecule has 90 valence electrons. The first-order valence-electron chi connectivity index (χ1n) is 5.59. The van der Waals surface area contributed by atoms with Gasteiger partial charge in [-0.25, -0.2) is 0 Å². The van der Waals surface area contributed by atoms with Crippen LogP contribution in [0.2, 0.25) is 0 Å². The highest BCUT2D eigenvalue weighted by atomic mass is 35.5. The Morgan fingerprint density at radius 2 is 1.94 bits per heavy atom. The van der Waals surface area contributed by atoms with Crippen molar-refractivity contribution in [1.29, 1.82) is 0 Å². The van der Waals surface area contributed by atoms with Crippen LogP contribution in [0.4, 0.5) is 0 Å². The number of rotatable bonds is 5. The van der Waals surface area contributed by atoms with Crippen LogP contribution >= 0.6 is 22.9 Å². The Balaban J connectivity index is 2.26. The van der Waals surface area contributed by atoms with E-state index in [1.807, 2.05) is 41.8 Å². The van der Waals surface area contributed by atoms with E-state index < -0.39 is 5.60 Å². The third-order valence-electron chi connectivity index (χ3n) is 2.90. The quantitative estimate of drug-likeness (QED) is 0.816. The number of halogens is 1. The van der Waals surface area contributed by atoms with Gasteiger partial charge in [-0.15, -0.1) is 11.6 Å². The van der Waals surface area contributed by atoms with E-state index in [-0.39, 0.29) is 0 Å². The summed E-state index contributed by atoms with van der Waals surface area (Å²) >= 11 is 7.47. The molecular weight excluding hydrogens is 252 g/mol. The first-order valence-corrected chi connectivity index (χ1v) is 7.07. The second kappa shape index (κ2) is 5.67. The number of thiophene rings is 1. The molecule has 2 aromatic rings. The van der Waals surface area contributed by atoms with E-state index in [0.717, 1.165) is 11.1 Å². The second-order valence-corrected chi connectivity index (χ2v) is 5.30. The zero-order chi connectivity index (χ0) is 12.1. The van der Waals surface area contributed by atoms with Gasteiger partial charge in [0.1, 0.15) is 0 Å². The monoisotopic (exact) mass is 266 g/mol. The lowest BCUT2D eigenvalue weighted by atomic mass is 9.86. The lowest BCUT2D eigenvalue weighted by Gasteiger charge is -2.27. The van der Waals surface area contributed by atoms with Crippen molar-refractivity contribution in [2.24, 2.45) is 0 Å². The number of benzene rings is 1. The van der Waals surface area contributed by atoms with Gasteiger partial charge in [-0.1, -0.05) is 30.3 Å². The fourth-order valence-electron chi connectivity index (χ4n) is 1.97. The van der Waals surface area contributed by atoms with Crippen molar-refractivity contribution in [3.63, 3.8) is 0 Å². The van der Waals surface area contributed by atoms with Gasteiger partial charge in [0.25, 0.3) is 0 Å². The number of aliphatic hydroxyl groups is 1. The summed E-state index contributed by atoms with van der Waals surface area (Å²) in [5, 5.41) is 14.9. The summed E-state index contributed by atoms with van der Waals surface area (Å²) in [4.78, 5) is 0. The maximum absolute atomic E-state index is 10.8. The molecule has 0 aliphatic rings. The van der Waals surface area contributed by atoms with Crippen molar-refractivity contribution in [1.82, 2.24) is 0 Å². The molecule has 17 heavy (non-hydrogen) atoms. The molecule has 0 fully saturated rings. The molecule has 1 nitrogen and oxygen atoms in total. The third kappa shape index (κ3) is 3.09. The fourth-order valence-corrected chi connectivity index (χ4v) is 2.95. The number of hydrogen-bond acceptors (Lipinski definition) is 2. The summed E-state index contributed by atoms with van der Waals surface area (Å²) in [7, 11) is 0. The van der Waals surface area contributed by atoms with Crippen molar-refractivity contribution in [3.8, 4) is 0 Å². The summed E-state index contributed by atoms with van der Waals surface area (Å²) < 4.78 is 0. The standard InChI is InChI=1S/C14H15ClOS/c15-8-7-14(16,10-12-6-9-17-11-12)13-4-2-1-3-5-13/h1-6,9,11,16H,7-8,10H2. The summed E-state index contributed by atoms with van der Waals surface area (Å²) in [5.41, 5.74) is 1.24. The van der Waals surface area contributed by atoms with Gasteiger partial charge in [0.2, 0.25) is 0 Å². The SMILES string of the molecule is OC(CCCl)(Cc1ccsc1)c1ccccc1. The molecule has 1 N–H and O–H groups in total. The Kier molecular flexibility index (Phi) is 4.21. The van der Waals surface area contributed by atoms with Gasteiger partial charge in [-0.3, -0.25) is 0 Å². The fraction of sp³-hybridized carbons (Fsp3) is 0.286. The molecule has 2 rings (SSSR count). The maximum Gasteiger partial charge on any atom is 0.0948 e. The molecule has 1 atom stereocenters. The zero-order valence-electron chi connectivity index (χ0n) is 9.47. The largest absolute Gasteiger partial charge is 0.385 e. The van der Waals surface area contributed by atoms with Crippen molar-refractivity contribution in [2.75, 3.05) is 5.88 Å². The molecule has 1 aromatic heterocycles. The van der Waals surface area contributed by atoms with E-state index in [0.29, 0.717) is 18.7 Å². The van der Waals surface area contributed by atoms with Crippen molar-refractivity contribution in [2.45, 2.75) is 18.4 Å². The Hall–Kier alpha value is -0.830. The molecule has 0 spiro atoms. The molecule has 0 radical (unpaired) electrons. The van der Waals surface area contributed by atoms with Crippen molar-refractivity contribution >= 4 is 22.9 Å². The van der Waals surface area contributed by atoms with Crippen LogP contribution in [0.15, 0.2) is 47.2 Å². The van der Waals surface area contributed by atoms with Crippen LogP contribution in [0.3, 0.4) is 0 Å². The third-order valence-corrected chi connectivity index (χ3v) is 3.82. The van der Waals surface area contributed by atoms with Gasteiger partial charge >= 0.3 is 0 Å². The lowest BCUT2D eigenvalue weighted by molar-refractivity contribution is 0.0337. The van der Waals surface area contributed by atoms with Crippen LogP contribution < -0.4 is 0 Å². The number of alkyl halides is 1. The molecule has 0 aliphatic heterocycles. The summed E-state index contributed by atoms with van der Waals surface area (Å²) in [5.74, 6) is 0.454. The average molecular weight is 267 g/mol. The van der Waals surface area contributed by atoms with Gasteiger partial charge in [-0.2, -0.15) is 11.3 Å². The summed E-state index contributed by atoms with van der Waals surface area (Å²) in [6, 6.07) is 11.8. The normalized spacial score (nSPS) is 14.5. The Labute approximate surface area is 111 Å². The van der Waals surface area contributed by atoms with Gasteiger partial charge in [0.15, 0.2) is 0 Å². The van der Waals surface area contributed by atoms with Gasteiger partial charge < -0.3 is 5.11 Å². The second-order valence-electron chi connectivity index (χ2n) is 4.14. The first-order chi connectivity index (χ1) is 8.24. The van der Waals surface area contributed by atoms with Crippen LogP contribution in [-0.2, 0) is 12.0 Å². The molecule has 0 saturated carbocycles. The van der Waals surface area contributed by atoms with E-state index in [1.165, 1.54) is 0 Å². The topological polar surface area (TPSA) is 20.2 Å². The van der Waals surface area contributed by atoms with E-state index in [2.05, 4.69) is 5.38 Å². The minimum Gasteiger partial charge on any atom is -0.385 e.